The summed E-state index contributed by atoms with van der Waals surface area (Å²) in [6, 6.07) is 0.365. The van der Waals surface area contributed by atoms with E-state index >= 15 is 0 Å². The molecule has 5 nitrogen and oxygen atoms in total. The highest BCUT2D eigenvalue weighted by molar-refractivity contribution is 7.23. The minimum Gasteiger partial charge on any atom is -0.384 e. The van der Waals surface area contributed by atoms with Crippen LogP contribution in [0.1, 0.15) is 18.9 Å². The lowest BCUT2D eigenvalue weighted by atomic mass is 10.4. The third-order valence-corrected chi connectivity index (χ3v) is 4.20. The topological polar surface area (TPSA) is 59.9 Å². The third kappa shape index (κ3) is 3.47. The zero-order chi connectivity index (χ0) is 13.0. The minimum absolute atomic E-state index is 0.365. The fourth-order valence-electron chi connectivity index (χ4n) is 1.34. The van der Waals surface area contributed by atoms with E-state index in [1.54, 1.807) is 29.8 Å². The van der Waals surface area contributed by atoms with Crippen molar-refractivity contribution in [1.82, 2.24) is 15.2 Å². The fraction of sp³-hybridized carbons (Fsp3) is 0.545. The Kier molecular flexibility index (Phi) is 4.62. The summed E-state index contributed by atoms with van der Waals surface area (Å²) in [5, 5.41) is 14.4. The van der Waals surface area contributed by atoms with Crippen LogP contribution in [-0.4, -0.2) is 34.9 Å². The van der Waals surface area contributed by atoms with E-state index < -0.39 is 0 Å². The lowest BCUT2D eigenvalue weighted by Gasteiger charge is -2.02. The number of nitrogens with zero attached hydrogens (tertiary/aromatic N) is 3. The summed E-state index contributed by atoms with van der Waals surface area (Å²) in [4.78, 5) is 5.42. The second-order valence-electron chi connectivity index (χ2n) is 4.07. The van der Waals surface area contributed by atoms with E-state index in [1.165, 1.54) is 0 Å². The van der Waals surface area contributed by atoms with Crippen LogP contribution in [0, 0.1) is 0 Å². The average molecular weight is 284 g/mol. The van der Waals surface area contributed by atoms with Crippen LogP contribution in [0.25, 0.3) is 9.88 Å². The van der Waals surface area contributed by atoms with Crippen molar-refractivity contribution < 1.29 is 4.74 Å². The molecule has 0 aliphatic rings. The van der Waals surface area contributed by atoms with Gasteiger partial charge in [0.15, 0.2) is 5.01 Å². The molecule has 0 spiro atoms. The molecule has 1 N–H and O–H groups in total. The Labute approximate surface area is 114 Å². The molecule has 0 aliphatic heterocycles. The second-order valence-corrected chi connectivity index (χ2v) is 6.17. The van der Waals surface area contributed by atoms with Crippen LogP contribution in [0.15, 0.2) is 6.20 Å². The second kappa shape index (κ2) is 6.21. The van der Waals surface area contributed by atoms with Crippen molar-refractivity contribution in [3.63, 3.8) is 0 Å². The summed E-state index contributed by atoms with van der Waals surface area (Å²) >= 11 is 3.20. The predicted octanol–water partition coefficient (Wildman–Crippen LogP) is 2.67. The Morgan fingerprint density at radius 2 is 2.17 bits per heavy atom. The first-order chi connectivity index (χ1) is 8.69. The third-order valence-electron chi connectivity index (χ3n) is 2.12. The molecule has 98 valence electrons. The van der Waals surface area contributed by atoms with Crippen molar-refractivity contribution in [2.45, 2.75) is 26.3 Å². The lowest BCUT2D eigenvalue weighted by Crippen LogP contribution is -2.08. The quantitative estimate of drug-likeness (QED) is 0.883. The number of aromatic nitrogens is 3. The Hall–Kier alpha value is -1.05. The van der Waals surface area contributed by atoms with Crippen LogP contribution in [-0.2, 0) is 11.2 Å². The van der Waals surface area contributed by atoms with Crippen molar-refractivity contribution in [3.8, 4) is 9.88 Å². The zero-order valence-electron chi connectivity index (χ0n) is 10.6. The summed E-state index contributed by atoms with van der Waals surface area (Å²) in [5.41, 5.74) is 0. The first-order valence-corrected chi connectivity index (χ1v) is 7.36. The first-order valence-electron chi connectivity index (χ1n) is 5.73. The molecule has 0 radical (unpaired) electrons. The molecule has 0 saturated carbocycles. The smallest absolute Gasteiger partial charge is 0.206 e. The molecular formula is C11H16N4OS2. The van der Waals surface area contributed by atoms with Crippen molar-refractivity contribution >= 4 is 27.8 Å². The fourth-order valence-corrected chi connectivity index (χ4v) is 3.16. The molecule has 7 heteroatoms. The highest BCUT2D eigenvalue weighted by Crippen LogP contribution is 2.31. The summed E-state index contributed by atoms with van der Waals surface area (Å²) in [5.74, 6) is 0. The minimum atomic E-state index is 0.365. The van der Waals surface area contributed by atoms with Crippen LogP contribution in [0.4, 0.5) is 5.13 Å². The summed E-state index contributed by atoms with van der Waals surface area (Å²) < 4.78 is 5.04. The number of rotatable bonds is 6. The summed E-state index contributed by atoms with van der Waals surface area (Å²) in [6.07, 6.45) is 2.70. The zero-order valence-corrected chi connectivity index (χ0v) is 12.3. The molecule has 0 saturated heterocycles. The van der Waals surface area contributed by atoms with Crippen molar-refractivity contribution in [3.05, 3.63) is 11.2 Å². The van der Waals surface area contributed by atoms with Gasteiger partial charge in [0.05, 0.1) is 16.5 Å². The number of nitrogens with one attached hydrogen (secondary N) is 1. The lowest BCUT2D eigenvalue weighted by molar-refractivity contribution is 0.202. The van der Waals surface area contributed by atoms with E-state index in [0.717, 1.165) is 26.4 Å². The Morgan fingerprint density at radius 1 is 1.33 bits per heavy atom. The number of ether oxygens (including phenoxy) is 1. The molecule has 2 rings (SSSR count). The molecule has 0 fully saturated rings. The summed E-state index contributed by atoms with van der Waals surface area (Å²) in [6.45, 7) is 4.86. The maximum absolute atomic E-state index is 5.04. The monoisotopic (exact) mass is 284 g/mol. The SMILES string of the molecule is COCCc1ncc(-c2nnc(NC(C)C)s2)s1. The van der Waals surface area contributed by atoms with Gasteiger partial charge in [-0.3, -0.25) is 0 Å². The van der Waals surface area contributed by atoms with Gasteiger partial charge in [0.2, 0.25) is 5.13 Å². The van der Waals surface area contributed by atoms with E-state index in [2.05, 4.69) is 34.3 Å². The number of anilines is 1. The standard InChI is InChI=1S/C11H16N4OS2/c1-7(2)13-11-15-14-10(18-11)8-6-12-9(17-8)4-5-16-3/h6-7H,4-5H2,1-3H3,(H,13,15). The van der Waals surface area contributed by atoms with Gasteiger partial charge in [-0.25, -0.2) is 4.98 Å². The van der Waals surface area contributed by atoms with Gasteiger partial charge in [-0.1, -0.05) is 11.3 Å². The largest absolute Gasteiger partial charge is 0.384 e. The van der Waals surface area contributed by atoms with Gasteiger partial charge in [-0.05, 0) is 13.8 Å². The molecular weight excluding hydrogens is 268 g/mol. The Bertz CT molecular complexity index is 495. The molecule has 0 amide bonds. The predicted molar refractivity (Wildman–Crippen MR) is 75.4 cm³/mol. The van der Waals surface area contributed by atoms with E-state index in [9.17, 15) is 0 Å². The maximum Gasteiger partial charge on any atom is 0.206 e. The number of methoxy groups -OCH3 is 1. The van der Waals surface area contributed by atoms with Crippen LogP contribution >= 0.6 is 22.7 Å². The van der Waals surface area contributed by atoms with Gasteiger partial charge in [0.25, 0.3) is 0 Å². The van der Waals surface area contributed by atoms with Crippen molar-refractivity contribution in [1.29, 1.82) is 0 Å². The van der Waals surface area contributed by atoms with Gasteiger partial charge in [0.1, 0.15) is 0 Å². The molecule has 0 atom stereocenters. The molecule has 2 aromatic rings. The van der Waals surface area contributed by atoms with E-state index in [0.29, 0.717) is 12.6 Å². The highest BCUT2D eigenvalue weighted by Gasteiger charge is 2.10. The van der Waals surface area contributed by atoms with Gasteiger partial charge < -0.3 is 10.1 Å². The molecule has 0 unspecified atom stereocenters. The molecule has 0 aromatic carbocycles. The van der Waals surface area contributed by atoms with E-state index in [1.807, 2.05) is 6.20 Å². The van der Waals surface area contributed by atoms with Crippen LogP contribution in [0.5, 0.6) is 0 Å². The molecule has 2 aromatic heterocycles. The highest BCUT2D eigenvalue weighted by atomic mass is 32.1. The maximum atomic E-state index is 5.04. The van der Waals surface area contributed by atoms with Gasteiger partial charge in [-0.2, -0.15) is 0 Å². The first kappa shape index (κ1) is 13.4. The Morgan fingerprint density at radius 3 is 2.89 bits per heavy atom. The summed E-state index contributed by atoms with van der Waals surface area (Å²) in [7, 11) is 1.70. The number of hydrogen-bond donors (Lipinski definition) is 1. The van der Waals surface area contributed by atoms with Crippen LogP contribution in [0.3, 0.4) is 0 Å². The van der Waals surface area contributed by atoms with Gasteiger partial charge in [-0.15, -0.1) is 21.5 Å². The molecule has 0 aliphatic carbocycles. The van der Waals surface area contributed by atoms with E-state index in [4.69, 9.17) is 4.74 Å². The molecule has 0 bridgehead atoms. The van der Waals surface area contributed by atoms with Gasteiger partial charge in [0, 0.05) is 25.8 Å². The van der Waals surface area contributed by atoms with Crippen molar-refractivity contribution in [2.24, 2.45) is 0 Å². The number of hydrogen-bond acceptors (Lipinski definition) is 7. The van der Waals surface area contributed by atoms with Crippen LogP contribution in [0.2, 0.25) is 0 Å². The normalized spacial score (nSPS) is 11.1. The van der Waals surface area contributed by atoms with E-state index in [-0.39, 0.29) is 0 Å². The van der Waals surface area contributed by atoms with Crippen LogP contribution < -0.4 is 5.32 Å². The number of thiazole rings is 1. The average Bonchev–Trinajstić information content (AvgIpc) is 2.94. The molecule has 18 heavy (non-hydrogen) atoms. The van der Waals surface area contributed by atoms with Crippen molar-refractivity contribution in [2.75, 3.05) is 19.0 Å². The van der Waals surface area contributed by atoms with Gasteiger partial charge >= 0.3 is 0 Å². The Balaban J connectivity index is 2.06. The molecule has 2 heterocycles.